The number of benzene rings is 2. The van der Waals surface area contributed by atoms with Crippen LogP contribution in [0.5, 0.6) is 11.5 Å². The SMILES string of the molecule is COc1cccc(OC)c1C(=O)NC(=S)Nc1ccc(NC(=O)c2ccco2)cc1. The summed E-state index contributed by atoms with van der Waals surface area (Å²) in [5, 5.41) is 8.32. The molecule has 8 nitrogen and oxygen atoms in total. The number of carbonyl (C=O) groups is 2. The zero-order valence-electron chi connectivity index (χ0n) is 16.2. The van der Waals surface area contributed by atoms with Crippen LogP contribution in [0.1, 0.15) is 20.9 Å². The number of rotatable bonds is 6. The Morgan fingerprint density at radius 3 is 1.97 bits per heavy atom. The maximum Gasteiger partial charge on any atom is 0.291 e. The number of thiocarbonyl (C=S) groups is 1. The van der Waals surface area contributed by atoms with Gasteiger partial charge in [0.05, 0.1) is 20.5 Å². The highest BCUT2D eigenvalue weighted by molar-refractivity contribution is 7.80. The number of carbonyl (C=O) groups excluding carboxylic acids is 2. The van der Waals surface area contributed by atoms with Gasteiger partial charge in [-0.15, -0.1) is 0 Å². The van der Waals surface area contributed by atoms with Gasteiger partial charge in [-0.05, 0) is 60.7 Å². The predicted molar refractivity (Wildman–Crippen MR) is 116 cm³/mol. The molecule has 0 aliphatic carbocycles. The summed E-state index contributed by atoms with van der Waals surface area (Å²) in [5.41, 5.74) is 1.45. The van der Waals surface area contributed by atoms with Gasteiger partial charge in [-0.3, -0.25) is 14.9 Å². The molecule has 9 heteroatoms. The number of amides is 2. The average Bonchev–Trinajstić information content (AvgIpc) is 3.29. The Morgan fingerprint density at radius 1 is 0.833 bits per heavy atom. The quantitative estimate of drug-likeness (QED) is 0.518. The van der Waals surface area contributed by atoms with Gasteiger partial charge in [-0.25, -0.2) is 0 Å². The molecule has 0 aliphatic heterocycles. The van der Waals surface area contributed by atoms with E-state index in [1.807, 2.05) is 0 Å². The van der Waals surface area contributed by atoms with Crippen LogP contribution in [0, 0.1) is 0 Å². The maximum absolute atomic E-state index is 12.6. The molecule has 0 radical (unpaired) electrons. The first-order chi connectivity index (χ1) is 14.5. The van der Waals surface area contributed by atoms with Crippen molar-refractivity contribution in [3.05, 3.63) is 72.2 Å². The van der Waals surface area contributed by atoms with Crippen molar-refractivity contribution >= 4 is 40.5 Å². The molecule has 0 saturated heterocycles. The van der Waals surface area contributed by atoms with Crippen LogP contribution in [-0.2, 0) is 0 Å². The standard InChI is InChI=1S/C21H19N3O5S/c1-27-15-5-3-6-16(28-2)18(15)20(26)24-21(30)23-14-10-8-13(9-11-14)22-19(25)17-7-4-12-29-17/h3-12H,1-2H3,(H,22,25)(H2,23,24,26,30). The van der Waals surface area contributed by atoms with Crippen molar-refractivity contribution in [1.82, 2.24) is 5.32 Å². The molecule has 3 aromatic rings. The molecule has 154 valence electrons. The lowest BCUT2D eigenvalue weighted by molar-refractivity contribution is 0.0969. The summed E-state index contributed by atoms with van der Waals surface area (Å²) < 4.78 is 15.5. The van der Waals surface area contributed by atoms with E-state index < -0.39 is 5.91 Å². The zero-order valence-corrected chi connectivity index (χ0v) is 17.0. The average molecular weight is 425 g/mol. The molecule has 3 rings (SSSR count). The Morgan fingerprint density at radius 2 is 1.43 bits per heavy atom. The fourth-order valence-electron chi connectivity index (χ4n) is 2.64. The van der Waals surface area contributed by atoms with Gasteiger partial charge in [0.1, 0.15) is 17.1 Å². The van der Waals surface area contributed by atoms with E-state index in [1.165, 1.54) is 20.5 Å². The molecule has 2 amide bonds. The van der Waals surface area contributed by atoms with E-state index in [2.05, 4.69) is 16.0 Å². The lowest BCUT2D eigenvalue weighted by atomic mass is 10.1. The van der Waals surface area contributed by atoms with Crippen molar-refractivity contribution in [1.29, 1.82) is 0 Å². The molecule has 30 heavy (non-hydrogen) atoms. The van der Waals surface area contributed by atoms with Crippen LogP contribution in [0.25, 0.3) is 0 Å². The van der Waals surface area contributed by atoms with Gasteiger partial charge in [0.25, 0.3) is 11.8 Å². The van der Waals surface area contributed by atoms with Crippen molar-refractivity contribution in [3.63, 3.8) is 0 Å². The van der Waals surface area contributed by atoms with Crippen LogP contribution in [0.15, 0.2) is 65.3 Å². The summed E-state index contributed by atoms with van der Waals surface area (Å²) in [5.74, 6) is 0.129. The highest BCUT2D eigenvalue weighted by atomic mass is 32.1. The Kier molecular flexibility index (Phi) is 6.66. The summed E-state index contributed by atoms with van der Waals surface area (Å²) in [4.78, 5) is 24.6. The van der Waals surface area contributed by atoms with Crippen molar-refractivity contribution in [3.8, 4) is 11.5 Å². The van der Waals surface area contributed by atoms with Crippen LogP contribution >= 0.6 is 12.2 Å². The molecule has 1 aromatic heterocycles. The van der Waals surface area contributed by atoms with Crippen LogP contribution in [0.4, 0.5) is 11.4 Å². The second-order valence-electron chi connectivity index (χ2n) is 5.95. The summed E-state index contributed by atoms with van der Waals surface area (Å²) in [6.45, 7) is 0. The van der Waals surface area contributed by atoms with E-state index in [4.69, 9.17) is 26.1 Å². The molecule has 3 N–H and O–H groups in total. The van der Waals surface area contributed by atoms with Crippen molar-refractivity contribution in [2.45, 2.75) is 0 Å². The van der Waals surface area contributed by atoms with E-state index in [0.717, 1.165) is 0 Å². The number of hydrogen-bond donors (Lipinski definition) is 3. The second-order valence-corrected chi connectivity index (χ2v) is 6.36. The summed E-state index contributed by atoms with van der Waals surface area (Å²) in [6.07, 6.45) is 1.43. The number of methoxy groups -OCH3 is 2. The first kappa shape index (κ1) is 20.9. The number of anilines is 2. The van der Waals surface area contributed by atoms with E-state index in [-0.39, 0.29) is 22.3 Å². The fraction of sp³-hybridized carbons (Fsp3) is 0.0952. The van der Waals surface area contributed by atoms with Gasteiger partial charge < -0.3 is 24.5 Å². The lowest BCUT2D eigenvalue weighted by Crippen LogP contribution is -2.34. The van der Waals surface area contributed by atoms with Gasteiger partial charge in [-0.1, -0.05) is 6.07 Å². The molecule has 0 fully saturated rings. The zero-order chi connectivity index (χ0) is 21.5. The third-order valence-corrected chi connectivity index (χ3v) is 4.23. The Labute approximate surface area is 178 Å². The van der Waals surface area contributed by atoms with Gasteiger partial charge in [0, 0.05) is 11.4 Å². The van der Waals surface area contributed by atoms with Crippen molar-refractivity contribution < 1.29 is 23.5 Å². The largest absolute Gasteiger partial charge is 0.496 e. The molecule has 0 saturated carbocycles. The molecular weight excluding hydrogens is 406 g/mol. The normalized spacial score (nSPS) is 10.1. The number of ether oxygens (including phenoxy) is 2. The van der Waals surface area contributed by atoms with E-state index >= 15 is 0 Å². The molecular formula is C21H19N3O5S. The number of hydrogen-bond acceptors (Lipinski definition) is 6. The van der Waals surface area contributed by atoms with Crippen LogP contribution < -0.4 is 25.4 Å². The highest BCUT2D eigenvalue weighted by Gasteiger charge is 2.19. The third kappa shape index (κ3) is 4.95. The summed E-state index contributed by atoms with van der Waals surface area (Å²) >= 11 is 5.22. The topological polar surface area (TPSA) is 102 Å². The van der Waals surface area contributed by atoms with Crippen LogP contribution in [0.2, 0.25) is 0 Å². The number of nitrogens with one attached hydrogen (secondary N) is 3. The summed E-state index contributed by atoms with van der Waals surface area (Å²) in [6, 6.07) is 15.0. The van der Waals surface area contributed by atoms with Crippen molar-refractivity contribution in [2.75, 3.05) is 24.9 Å². The highest BCUT2D eigenvalue weighted by Crippen LogP contribution is 2.28. The Hall–Kier alpha value is -3.85. The maximum atomic E-state index is 12.6. The van der Waals surface area contributed by atoms with Gasteiger partial charge >= 0.3 is 0 Å². The third-order valence-electron chi connectivity index (χ3n) is 4.03. The van der Waals surface area contributed by atoms with Gasteiger partial charge in [0.15, 0.2) is 10.9 Å². The van der Waals surface area contributed by atoms with Gasteiger partial charge in [0.2, 0.25) is 0 Å². The molecule has 0 spiro atoms. The fourth-order valence-corrected chi connectivity index (χ4v) is 2.85. The lowest BCUT2D eigenvalue weighted by Gasteiger charge is -2.14. The van der Waals surface area contributed by atoms with E-state index in [9.17, 15) is 9.59 Å². The molecule has 0 bridgehead atoms. The molecule has 0 aliphatic rings. The van der Waals surface area contributed by atoms with E-state index in [0.29, 0.717) is 22.9 Å². The van der Waals surface area contributed by atoms with Gasteiger partial charge in [-0.2, -0.15) is 0 Å². The second kappa shape index (κ2) is 9.57. The van der Waals surface area contributed by atoms with Crippen LogP contribution in [0.3, 0.4) is 0 Å². The predicted octanol–water partition coefficient (Wildman–Crippen LogP) is 3.68. The monoisotopic (exact) mass is 425 g/mol. The van der Waals surface area contributed by atoms with Crippen LogP contribution in [-0.4, -0.2) is 31.1 Å². The minimum absolute atomic E-state index is 0.0975. The molecule has 1 heterocycles. The Bertz CT molecular complexity index is 1030. The van der Waals surface area contributed by atoms with E-state index in [1.54, 1.807) is 54.6 Å². The minimum Gasteiger partial charge on any atom is -0.496 e. The molecule has 0 unspecified atom stereocenters. The molecule has 0 atom stereocenters. The van der Waals surface area contributed by atoms with Crippen molar-refractivity contribution in [2.24, 2.45) is 0 Å². The number of furan rings is 1. The first-order valence-corrected chi connectivity index (χ1v) is 9.21. The first-order valence-electron chi connectivity index (χ1n) is 8.80. The minimum atomic E-state index is -0.468. The Balaban J connectivity index is 1.61. The summed E-state index contributed by atoms with van der Waals surface area (Å²) in [7, 11) is 2.93. The smallest absolute Gasteiger partial charge is 0.291 e. The molecule has 2 aromatic carbocycles.